The number of nitrogens with zero attached hydrogens (tertiary/aromatic N) is 4. The SMILES string of the molecule is O=C(NC1CCN(C(=O)C2CCCCC2)CC1)c1cn(-c2ccccc2)nn1. The predicted octanol–water partition coefficient (Wildman–Crippen LogP) is 2.57. The molecule has 1 N–H and O–H groups in total. The fourth-order valence-electron chi connectivity index (χ4n) is 4.19. The lowest BCUT2D eigenvalue weighted by Crippen LogP contribution is -2.48. The number of benzene rings is 1. The van der Waals surface area contributed by atoms with E-state index in [-0.39, 0.29) is 17.9 Å². The Morgan fingerprint density at radius 2 is 1.68 bits per heavy atom. The van der Waals surface area contributed by atoms with Crippen LogP contribution < -0.4 is 5.32 Å². The summed E-state index contributed by atoms with van der Waals surface area (Å²) in [5.74, 6) is 0.322. The topological polar surface area (TPSA) is 80.1 Å². The van der Waals surface area contributed by atoms with Gasteiger partial charge < -0.3 is 10.2 Å². The van der Waals surface area contributed by atoms with E-state index >= 15 is 0 Å². The molecule has 2 fully saturated rings. The van der Waals surface area contributed by atoms with Crippen molar-refractivity contribution in [1.82, 2.24) is 25.2 Å². The molecule has 28 heavy (non-hydrogen) atoms. The van der Waals surface area contributed by atoms with E-state index in [9.17, 15) is 9.59 Å². The van der Waals surface area contributed by atoms with Gasteiger partial charge in [0.2, 0.25) is 5.91 Å². The molecule has 1 aromatic heterocycles. The average Bonchev–Trinajstić information content (AvgIpc) is 3.26. The summed E-state index contributed by atoms with van der Waals surface area (Å²) in [6.07, 6.45) is 8.89. The standard InChI is InChI=1S/C21H27N5O2/c27-20(19-15-26(24-23-19)18-9-5-2-6-10-18)22-17-11-13-25(14-12-17)21(28)16-7-3-1-4-8-16/h2,5-6,9-10,15-17H,1,3-4,7-8,11-14H2,(H,22,27). The Balaban J connectivity index is 1.28. The van der Waals surface area contributed by atoms with E-state index < -0.39 is 0 Å². The number of rotatable bonds is 4. The molecule has 2 aromatic rings. The molecule has 7 heteroatoms. The highest BCUT2D eigenvalue weighted by Gasteiger charge is 2.29. The highest BCUT2D eigenvalue weighted by Crippen LogP contribution is 2.26. The van der Waals surface area contributed by atoms with Crippen molar-refractivity contribution in [3.63, 3.8) is 0 Å². The Labute approximate surface area is 165 Å². The van der Waals surface area contributed by atoms with E-state index in [1.807, 2.05) is 35.2 Å². The van der Waals surface area contributed by atoms with Gasteiger partial charge in [-0.15, -0.1) is 5.10 Å². The van der Waals surface area contributed by atoms with Crippen molar-refractivity contribution in [3.8, 4) is 5.69 Å². The molecule has 2 amide bonds. The molecule has 1 aliphatic carbocycles. The number of nitrogens with one attached hydrogen (secondary N) is 1. The van der Waals surface area contributed by atoms with Gasteiger partial charge in [-0.25, -0.2) is 4.68 Å². The molecule has 148 valence electrons. The third-order valence-corrected chi connectivity index (χ3v) is 5.84. The van der Waals surface area contributed by atoms with Crippen molar-refractivity contribution < 1.29 is 9.59 Å². The summed E-state index contributed by atoms with van der Waals surface area (Å²) in [6.45, 7) is 1.44. The second-order valence-electron chi connectivity index (χ2n) is 7.79. The maximum Gasteiger partial charge on any atom is 0.273 e. The van der Waals surface area contributed by atoms with Crippen LogP contribution in [0.1, 0.15) is 55.4 Å². The van der Waals surface area contributed by atoms with Crippen LogP contribution in [0.4, 0.5) is 0 Å². The largest absolute Gasteiger partial charge is 0.348 e. The fourth-order valence-corrected chi connectivity index (χ4v) is 4.19. The molecule has 0 bridgehead atoms. The maximum atomic E-state index is 12.7. The minimum atomic E-state index is -0.209. The molecule has 1 saturated carbocycles. The lowest BCUT2D eigenvalue weighted by molar-refractivity contribution is -0.137. The van der Waals surface area contributed by atoms with Gasteiger partial charge in [-0.3, -0.25) is 9.59 Å². The predicted molar refractivity (Wildman–Crippen MR) is 105 cm³/mol. The third-order valence-electron chi connectivity index (χ3n) is 5.84. The van der Waals surface area contributed by atoms with Crippen LogP contribution in [0.15, 0.2) is 36.5 Å². The summed E-state index contributed by atoms with van der Waals surface area (Å²) in [4.78, 5) is 27.2. The van der Waals surface area contributed by atoms with Crippen LogP contribution in [0.25, 0.3) is 5.69 Å². The maximum absolute atomic E-state index is 12.7. The van der Waals surface area contributed by atoms with Gasteiger partial charge in [-0.1, -0.05) is 42.7 Å². The summed E-state index contributed by atoms with van der Waals surface area (Å²) in [5.41, 5.74) is 1.17. The number of hydrogen-bond donors (Lipinski definition) is 1. The lowest BCUT2D eigenvalue weighted by Gasteiger charge is -2.35. The molecule has 0 atom stereocenters. The molecule has 0 unspecified atom stereocenters. The van der Waals surface area contributed by atoms with Crippen molar-refractivity contribution in [1.29, 1.82) is 0 Å². The molecule has 1 aromatic carbocycles. The molecule has 1 saturated heterocycles. The van der Waals surface area contributed by atoms with Gasteiger partial charge in [0.25, 0.3) is 5.91 Å². The second-order valence-corrected chi connectivity index (χ2v) is 7.79. The van der Waals surface area contributed by atoms with Gasteiger partial charge in [0, 0.05) is 25.0 Å². The van der Waals surface area contributed by atoms with Crippen LogP contribution >= 0.6 is 0 Å². The molecule has 4 rings (SSSR count). The minimum absolute atomic E-state index is 0.0739. The zero-order valence-electron chi connectivity index (χ0n) is 16.1. The first-order chi connectivity index (χ1) is 13.7. The van der Waals surface area contributed by atoms with E-state index in [4.69, 9.17) is 0 Å². The van der Waals surface area contributed by atoms with Gasteiger partial charge >= 0.3 is 0 Å². The second kappa shape index (κ2) is 8.54. The zero-order chi connectivity index (χ0) is 19.3. The highest BCUT2D eigenvalue weighted by atomic mass is 16.2. The van der Waals surface area contributed by atoms with Crippen LogP contribution in [-0.4, -0.2) is 50.8 Å². The van der Waals surface area contributed by atoms with Crippen LogP contribution in [0.2, 0.25) is 0 Å². The first kappa shape index (κ1) is 18.7. The monoisotopic (exact) mass is 381 g/mol. The fraction of sp³-hybridized carbons (Fsp3) is 0.524. The van der Waals surface area contributed by atoms with E-state index in [0.717, 1.165) is 44.5 Å². The number of carbonyl (C=O) groups excluding carboxylic acids is 2. The van der Waals surface area contributed by atoms with Gasteiger partial charge in [0.05, 0.1) is 11.9 Å². The number of aromatic nitrogens is 3. The number of amides is 2. The van der Waals surface area contributed by atoms with E-state index in [2.05, 4.69) is 15.6 Å². The Bertz CT molecular complexity index is 805. The Morgan fingerprint density at radius 3 is 2.39 bits per heavy atom. The molecule has 0 spiro atoms. The quantitative estimate of drug-likeness (QED) is 0.883. The first-order valence-electron chi connectivity index (χ1n) is 10.3. The van der Waals surface area contributed by atoms with Crippen LogP contribution in [0, 0.1) is 5.92 Å². The Hall–Kier alpha value is -2.70. The third kappa shape index (κ3) is 4.24. The van der Waals surface area contributed by atoms with Gasteiger partial charge in [-0.05, 0) is 37.8 Å². The van der Waals surface area contributed by atoms with Crippen molar-refractivity contribution in [2.75, 3.05) is 13.1 Å². The van der Waals surface area contributed by atoms with Crippen LogP contribution in [0.5, 0.6) is 0 Å². The molecule has 2 heterocycles. The number of hydrogen-bond acceptors (Lipinski definition) is 4. The van der Waals surface area contributed by atoms with Crippen molar-refractivity contribution in [2.24, 2.45) is 5.92 Å². The van der Waals surface area contributed by atoms with Gasteiger partial charge in [0.15, 0.2) is 5.69 Å². The molecule has 7 nitrogen and oxygen atoms in total. The number of para-hydroxylation sites is 1. The van der Waals surface area contributed by atoms with Crippen LogP contribution in [0.3, 0.4) is 0 Å². The average molecular weight is 381 g/mol. The first-order valence-corrected chi connectivity index (χ1v) is 10.3. The molecular formula is C21H27N5O2. The minimum Gasteiger partial charge on any atom is -0.348 e. The zero-order valence-corrected chi connectivity index (χ0v) is 16.1. The number of likely N-dealkylation sites (tertiary alicyclic amines) is 1. The Morgan fingerprint density at radius 1 is 0.964 bits per heavy atom. The summed E-state index contributed by atoms with van der Waals surface area (Å²) in [5, 5.41) is 11.1. The smallest absolute Gasteiger partial charge is 0.273 e. The number of piperidine rings is 1. The summed E-state index contributed by atoms with van der Waals surface area (Å²) >= 11 is 0. The molecule has 0 radical (unpaired) electrons. The van der Waals surface area contributed by atoms with E-state index in [1.165, 1.54) is 19.3 Å². The van der Waals surface area contributed by atoms with E-state index in [0.29, 0.717) is 11.6 Å². The molecule has 2 aliphatic rings. The van der Waals surface area contributed by atoms with Gasteiger partial charge in [0.1, 0.15) is 0 Å². The highest BCUT2D eigenvalue weighted by molar-refractivity contribution is 5.92. The molecular weight excluding hydrogens is 354 g/mol. The number of carbonyl (C=O) groups is 2. The normalized spacial score (nSPS) is 18.8. The molecule has 1 aliphatic heterocycles. The van der Waals surface area contributed by atoms with Gasteiger partial charge in [-0.2, -0.15) is 0 Å². The van der Waals surface area contributed by atoms with Crippen molar-refractivity contribution >= 4 is 11.8 Å². The van der Waals surface area contributed by atoms with Crippen molar-refractivity contribution in [3.05, 3.63) is 42.2 Å². The van der Waals surface area contributed by atoms with E-state index in [1.54, 1.807) is 10.9 Å². The summed E-state index contributed by atoms with van der Waals surface area (Å²) in [7, 11) is 0. The van der Waals surface area contributed by atoms with Crippen molar-refractivity contribution in [2.45, 2.75) is 51.0 Å². The summed E-state index contributed by atoms with van der Waals surface area (Å²) in [6, 6.07) is 9.66. The Kier molecular flexibility index (Phi) is 5.69. The van der Waals surface area contributed by atoms with Crippen LogP contribution in [-0.2, 0) is 4.79 Å². The lowest BCUT2D eigenvalue weighted by atomic mass is 9.87. The summed E-state index contributed by atoms with van der Waals surface area (Å²) < 4.78 is 1.60.